The van der Waals surface area contributed by atoms with Crippen LogP contribution in [0.2, 0.25) is 0 Å². The molecule has 18 heavy (non-hydrogen) atoms. The number of nitrogens with zero attached hydrogens (tertiary/aromatic N) is 1. The molecule has 2 N–H and O–H groups in total. The summed E-state index contributed by atoms with van der Waals surface area (Å²) in [5.74, 6) is -1.54. The first-order valence-electron chi connectivity index (χ1n) is 6.30. The van der Waals surface area contributed by atoms with Crippen LogP contribution in [0.25, 0.3) is 0 Å². The van der Waals surface area contributed by atoms with Crippen molar-refractivity contribution >= 4 is 17.8 Å². The first-order valence-corrected chi connectivity index (χ1v) is 6.30. The zero-order chi connectivity index (χ0) is 13.3. The summed E-state index contributed by atoms with van der Waals surface area (Å²) < 4.78 is 0. The number of carboxylic acids is 1. The van der Waals surface area contributed by atoms with Gasteiger partial charge in [-0.25, -0.2) is 0 Å². The summed E-state index contributed by atoms with van der Waals surface area (Å²) in [7, 11) is 0. The van der Waals surface area contributed by atoms with Gasteiger partial charge in [0.2, 0.25) is 11.8 Å². The van der Waals surface area contributed by atoms with E-state index >= 15 is 0 Å². The van der Waals surface area contributed by atoms with Crippen molar-refractivity contribution in [1.29, 1.82) is 0 Å². The summed E-state index contributed by atoms with van der Waals surface area (Å²) in [6.45, 7) is 2.66. The number of hydrogen-bond donors (Lipinski definition) is 2. The van der Waals surface area contributed by atoms with Crippen LogP contribution >= 0.6 is 0 Å². The molecule has 2 fully saturated rings. The molecule has 2 saturated heterocycles. The van der Waals surface area contributed by atoms with Gasteiger partial charge >= 0.3 is 5.97 Å². The second-order valence-electron chi connectivity index (χ2n) is 5.05. The van der Waals surface area contributed by atoms with Gasteiger partial charge in [-0.2, -0.15) is 0 Å². The molecule has 2 amide bonds. The van der Waals surface area contributed by atoms with Crippen molar-refractivity contribution in [2.75, 3.05) is 13.1 Å². The predicted octanol–water partition coefficient (Wildman–Crippen LogP) is -0.166. The van der Waals surface area contributed by atoms with E-state index in [9.17, 15) is 14.4 Å². The van der Waals surface area contributed by atoms with E-state index in [0.717, 1.165) is 0 Å². The Hall–Kier alpha value is -1.59. The minimum absolute atomic E-state index is 0.0167. The maximum atomic E-state index is 12.3. The van der Waals surface area contributed by atoms with Crippen molar-refractivity contribution in [2.45, 2.75) is 32.2 Å². The Balaban J connectivity index is 1.98. The first-order chi connectivity index (χ1) is 8.50. The van der Waals surface area contributed by atoms with Crippen molar-refractivity contribution in [3.05, 3.63) is 0 Å². The van der Waals surface area contributed by atoms with E-state index in [1.807, 2.05) is 0 Å². The maximum Gasteiger partial charge on any atom is 0.308 e. The second-order valence-corrected chi connectivity index (χ2v) is 5.05. The molecule has 0 aromatic rings. The molecule has 0 aromatic heterocycles. The Morgan fingerprint density at radius 2 is 2.11 bits per heavy atom. The van der Waals surface area contributed by atoms with Gasteiger partial charge in [0.15, 0.2) is 0 Å². The van der Waals surface area contributed by atoms with Crippen molar-refractivity contribution in [3.8, 4) is 0 Å². The van der Waals surface area contributed by atoms with Gasteiger partial charge in [0.05, 0.1) is 11.8 Å². The van der Waals surface area contributed by atoms with Gasteiger partial charge in [-0.15, -0.1) is 0 Å². The van der Waals surface area contributed by atoms with Crippen LogP contribution < -0.4 is 5.32 Å². The summed E-state index contributed by atoms with van der Waals surface area (Å²) in [4.78, 5) is 36.0. The number of piperidine rings is 1. The molecule has 3 unspecified atom stereocenters. The summed E-state index contributed by atoms with van der Waals surface area (Å²) in [6.07, 6.45) is 1.45. The molecule has 0 spiro atoms. The van der Waals surface area contributed by atoms with Gasteiger partial charge in [-0.1, -0.05) is 0 Å². The molecule has 0 aliphatic carbocycles. The molecule has 2 heterocycles. The number of nitrogens with one attached hydrogen (secondary N) is 1. The fourth-order valence-corrected chi connectivity index (χ4v) is 2.76. The summed E-state index contributed by atoms with van der Waals surface area (Å²) in [5.41, 5.74) is 0. The minimum atomic E-state index is -0.838. The number of carbonyl (C=O) groups excluding carboxylic acids is 2. The average Bonchev–Trinajstić information content (AvgIpc) is 2.71. The summed E-state index contributed by atoms with van der Waals surface area (Å²) in [5, 5.41) is 11.7. The van der Waals surface area contributed by atoms with Crippen molar-refractivity contribution in [1.82, 2.24) is 10.2 Å². The number of amides is 2. The Morgan fingerprint density at radius 3 is 2.61 bits per heavy atom. The zero-order valence-electron chi connectivity index (χ0n) is 10.4. The lowest BCUT2D eigenvalue weighted by atomic mass is 9.96. The highest BCUT2D eigenvalue weighted by atomic mass is 16.4. The van der Waals surface area contributed by atoms with Gasteiger partial charge in [0.25, 0.3) is 0 Å². The molecular weight excluding hydrogens is 236 g/mol. The second kappa shape index (κ2) is 4.96. The quantitative estimate of drug-likeness (QED) is 0.716. The van der Waals surface area contributed by atoms with Crippen molar-refractivity contribution in [3.63, 3.8) is 0 Å². The predicted molar refractivity (Wildman–Crippen MR) is 62.7 cm³/mol. The molecule has 0 radical (unpaired) electrons. The lowest BCUT2D eigenvalue weighted by molar-refractivity contribution is -0.143. The largest absolute Gasteiger partial charge is 0.481 e. The summed E-state index contributed by atoms with van der Waals surface area (Å²) in [6, 6.07) is -0.257. The number of aliphatic carboxylic acids is 1. The number of hydrogen-bond acceptors (Lipinski definition) is 3. The Morgan fingerprint density at radius 1 is 1.39 bits per heavy atom. The van der Waals surface area contributed by atoms with Gasteiger partial charge in [0.1, 0.15) is 0 Å². The van der Waals surface area contributed by atoms with Crippen LogP contribution in [0.15, 0.2) is 0 Å². The highest BCUT2D eigenvalue weighted by Crippen LogP contribution is 2.27. The van der Waals surface area contributed by atoms with E-state index in [-0.39, 0.29) is 23.8 Å². The van der Waals surface area contributed by atoms with Crippen LogP contribution in [0, 0.1) is 11.8 Å². The number of carboxylic acid groups (broad SMARTS) is 1. The molecular formula is C12H18N2O4. The molecule has 0 saturated carbocycles. The molecule has 2 rings (SSSR count). The van der Waals surface area contributed by atoms with Crippen LogP contribution in [-0.2, 0) is 14.4 Å². The molecule has 0 bridgehead atoms. The van der Waals surface area contributed by atoms with Crippen LogP contribution in [0.5, 0.6) is 0 Å². The molecule has 2 aliphatic rings. The van der Waals surface area contributed by atoms with Gasteiger partial charge < -0.3 is 15.3 Å². The smallest absolute Gasteiger partial charge is 0.308 e. The molecule has 2 aliphatic heterocycles. The molecule has 6 nitrogen and oxygen atoms in total. The van der Waals surface area contributed by atoms with Crippen LogP contribution in [-0.4, -0.2) is 46.9 Å². The van der Waals surface area contributed by atoms with Crippen LogP contribution in [0.3, 0.4) is 0 Å². The Kier molecular flexibility index (Phi) is 3.54. The van der Waals surface area contributed by atoms with Crippen LogP contribution in [0.1, 0.15) is 26.2 Å². The SMILES string of the molecule is CC1C(C(=O)O)CCN1C(=O)C1CCC(=O)NC1. The average molecular weight is 254 g/mol. The standard InChI is InChI=1S/C12H18N2O4/c1-7-9(12(17)18)4-5-14(7)11(16)8-2-3-10(15)13-6-8/h7-9H,2-6H2,1H3,(H,13,15)(H,17,18). The normalized spacial score (nSPS) is 32.2. The van der Waals surface area contributed by atoms with Gasteiger partial charge in [-0.05, 0) is 19.8 Å². The fourth-order valence-electron chi connectivity index (χ4n) is 2.76. The van der Waals surface area contributed by atoms with E-state index in [0.29, 0.717) is 32.4 Å². The number of likely N-dealkylation sites (tertiary alicyclic amines) is 1. The van der Waals surface area contributed by atoms with E-state index < -0.39 is 11.9 Å². The van der Waals surface area contributed by atoms with Crippen molar-refractivity contribution in [2.24, 2.45) is 11.8 Å². The highest BCUT2D eigenvalue weighted by molar-refractivity contribution is 5.85. The third-order valence-electron chi connectivity index (χ3n) is 3.97. The fraction of sp³-hybridized carbons (Fsp3) is 0.750. The number of rotatable bonds is 2. The molecule has 3 atom stereocenters. The summed E-state index contributed by atoms with van der Waals surface area (Å²) >= 11 is 0. The zero-order valence-corrected chi connectivity index (χ0v) is 10.4. The van der Waals surface area contributed by atoms with E-state index in [1.165, 1.54) is 0 Å². The molecule has 100 valence electrons. The molecule has 0 aromatic carbocycles. The lowest BCUT2D eigenvalue weighted by Crippen LogP contribution is -2.46. The van der Waals surface area contributed by atoms with Crippen LogP contribution in [0.4, 0.5) is 0 Å². The number of carbonyl (C=O) groups is 3. The van der Waals surface area contributed by atoms with Crippen molar-refractivity contribution < 1.29 is 19.5 Å². The Bertz CT molecular complexity index is 372. The lowest BCUT2D eigenvalue weighted by Gasteiger charge is -2.29. The molecule has 6 heteroatoms. The Labute approximate surface area is 105 Å². The van der Waals surface area contributed by atoms with E-state index in [2.05, 4.69) is 5.32 Å². The highest BCUT2D eigenvalue weighted by Gasteiger charge is 2.40. The van der Waals surface area contributed by atoms with Gasteiger partial charge in [-0.3, -0.25) is 14.4 Å². The topological polar surface area (TPSA) is 86.7 Å². The third kappa shape index (κ3) is 2.32. The monoisotopic (exact) mass is 254 g/mol. The van der Waals surface area contributed by atoms with Gasteiger partial charge in [0, 0.05) is 25.6 Å². The third-order valence-corrected chi connectivity index (χ3v) is 3.97. The van der Waals surface area contributed by atoms with E-state index in [4.69, 9.17) is 5.11 Å². The maximum absolute atomic E-state index is 12.3. The minimum Gasteiger partial charge on any atom is -0.481 e. The van der Waals surface area contributed by atoms with E-state index in [1.54, 1.807) is 11.8 Å². The first kappa shape index (κ1) is 12.9.